The molecule has 2 atom stereocenters. The van der Waals surface area contributed by atoms with Gasteiger partial charge in [-0.15, -0.1) is 13.2 Å². The van der Waals surface area contributed by atoms with Crippen molar-refractivity contribution in [1.82, 2.24) is 24.2 Å². The summed E-state index contributed by atoms with van der Waals surface area (Å²) in [7, 11) is 0. The first kappa shape index (κ1) is 26.7. The predicted octanol–water partition coefficient (Wildman–Crippen LogP) is 1.29. The summed E-state index contributed by atoms with van der Waals surface area (Å²) < 4.78 is 3.70. The number of hydrazine groups is 1. The molecule has 0 N–H and O–H groups in total. The molecule has 0 radical (unpaired) electrons. The third-order valence-corrected chi connectivity index (χ3v) is 9.43. The Morgan fingerprint density at radius 3 is 2.25 bits per heavy atom. The molecule has 1 amide bonds. The molecule has 44 heavy (non-hydrogen) atoms. The lowest BCUT2D eigenvalue weighted by atomic mass is 9.80. The third kappa shape index (κ3) is 3.70. The number of imidazole rings is 1. The minimum absolute atomic E-state index is 0.0435. The van der Waals surface area contributed by atoms with E-state index in [1.807, 2.05) is 58.1 Å². The van der Waals surface area contributed by atoms with Gasteiger partial charge in [-0.2, -0.15) is 0 Å². The Kier molecular flexibility index (Phi) is 6.09. The quantitative estimate of drug-likeness (QED) is 0.421. The smallest absolute Gasteiger partial charge is 0.279 e. The maximum Gasteiger partial charge on any atom is 0.279 e. The van der Waals surface area contributed by atoms with Crippen molar-refractivity contribution in [3.05, 3.63) is 130 Å². The number of nitrogens with zero attached hydrogens (tertiary/aromatic N) is 8. The molecule has 1 aromatic heterocycles. The van der Waals surface area contributed by atoms with Gasteiger partial charge in [0, 0.05) is 25.6 Å². The van der Waals surface area contributed by atoms with E-state index >= 15 is 0 Å². The molecule has 0 unspecified atom stereocenters. The molecule has 8 rings (SSSR count). The van der Waals surface area contributed by atoms with Gasteiger partial charge in [-0.25, -0.2) is 19.7 Å². The Balaban J connectivity index is 1.32. The number of hydrogen-bond donors (Lipinski definition) is 0. The highest BCUT2D eigenvalue weighted by Crippen LogP contribution is 2.42. The van der Waals surface area contributed by atoms with Crippen molar-refractivity contribution in [2.45, 2.75) is 31.7 Å². The largest absolute Gasteiger partial charge is 0.305 e. The van der Waals surface area contributed by atoms with E-state index in [9.17, 15) is 9.59 Å². The first-order chi connectivity index (χ1) is 21.5. The van der Waals surface area contributed by atoms with Crippen LogP contribution in [0.1, 0.15) is 22.3 Å². The van der Waals surface area contributed by atoms with Crippen molar-refractivity contribution < 1.29 is 4.79 Å². The number of carbonyl (C=O) groups excluding carboxylic acids is 1. The summed E-state index contributed by atoms with van der Waals surface area (Å²) in [4.78, 5) is 40.9. The van der Waals surface area contributed by atoms with E-state index in [0.717, 1.165) is 22.3 Å². The van der Waals surface area contributed by atoms with Crippen LogP contribution in [0, 0.1) is 5.92 Å². The lowest BCUT2D eigenvalue weighted by Gasteiger charge is -2.48. The first-order valence-electron chi connectivity index (χ1n) is 15.1. The summed E-state index contributed by atoms with van der Waals surface area (Å²) in [5, 5.41) is 6.83. The van der Waals surface area contributed by atoms with E-state index in [4.69, 9.17) is 9.98 Å². The lowest BCUT2D eigenvalue weighted by Crippen LogP contribution is -2.66. The van der Waals surface area contributed by atoms with Crippen LogP contribution in [0.2, 0.25) is 0 Å². The molecule has 0 saturated carbocycles. The van der Waals surface area contributed by atoms with Gasteiger partial charge in [0.1, 0.15) is 5.35 Å². The van der Waals surface area contributed by atoms with Crippen LogP contribution in [0.4, 0.5) is 0 Å². The molecule has 1 saturated heterocycles. The summed E-state index contributed by atoms with van der Waals surface area (Å²) in [6.07, 6.45) is 9.78. The highest BCUT2D eigenvalue weighted by molar-refractivity contribution is 6.11. The molecule has 0 spiro atoms. The van der Waals surface area contributed by atoms with Crippen LogP contribution in [-0.2, 0) is 31.0 Å². The fourth-order valence-corrected chi connectivity index (χ4v) is 7.42. The Morgan fingerprint density at radius 1 is 0.864 bits per heavy atom. The maximum absolute atomic E-state index is 14.9. The molecule has 5 aliphatic rings. The molecule has 5 aliphatic heterocycles. The van der Waals surface area contributed by atoms with E-state index in [0.29, 0.717) is 69.3 Å². The van der Waals surface area contributed by atoms with Gasteiger partial charge in [-0.1, -0.05) is 66.8 Å². The van der Waals surface area contributed by atoms with Crippen molar-refractivity contribution in [3.8, 4) is 0 Å². The van der Waals surface area contributed by atoms with Crippen molar-refractivity contribution >= 4 is 17.9 Å². The van der Waals surface area contributed by atoms with E-state index in [-0.39, 0.29) is 17.4 Å². The molecule has 10 nitrogen and oxygen atoms in total. The monoisotopic (exact) mass is 586 g/mol. The topological polar surface area (TPSA) is 81.7 Å². The Labute approximate surface area is 255 Å². The van der Waals surface area contributed by atoms with Crippen LogP contribution in [0.5, 0.6) is 0 Å². The minimum Gasteiger partial charge on any atom is -0.305 e. The molecule has 3 aromatic rings. The molecule has 222 valence electrons. The molecule has 10 heteroatoms. The molecular weight excluding hydrogens is 552 g/mol. The van der Waals surface area contributed by atoms with Crippen LogP contribution in [0.25, 0.3) is 6.08 Å². The number of benzene rings is 2. The fourth-order valence-electron chi connectivity index (χ4n) is 7.42. The predicted molar refractivity (Wildman–Crippen MR) is 168 cm³/mol. The second-order valence-electron chi connectivity index (χ2n) is 11.9. The number of guanidine groups is 1. The van der Waals surface area contributed by atoms with Crippen LogP contribution < -0.4 is 21.5 Å². The van der Waals surface area contributed by atoms with Gasteiger partial charge in [0.25, 0.3) is 11.5 Å². The van der Waals surface area contributed by atoms with Crippen molar-refractivity contribution in [1.29, 1.82) is 0 Å². The van der Waals surface area contributed by atoms with E-state index in [1.165, 1.54) is 0 Å². The average Bonchev–Trinajstić information content (AvgIpc) is 3.25. The number of fused-ring (bicyclic) bond motifs is 8. The van der Waals surface area contributed by atoms with Crippen molar-refractivity contribution in [2.24, 2.45) is 15.9 Å². The van der Waals surface area contributed by atoms with Gasteiger partial charge < -0.3 is 5.01 Å². The lowest BCUT2D eigenvalue weighted by molar-refractivity contribution is -0.137. The fraction of sp³-hybridized carbons (Fsp3) is 0.294. The van der Waals surface area contributed by atoms with Crippen LogP contribution in [0.3, 0.4) is 0 Å². The zero-order valence-electron chi connectivity index (χ0n) is 24.5. The molecule has 6 heterocycles. The SMILES string of the molecule is C=CCN1CC=C[C@@]2([C@H]3C=c4c(=O)n5c(n4N(CC=C)C3)=NCc3ccccc3C5)C(=O)N3Cc4ccccc4CN=C3N12. The third-order valence-electron chi connectivity index (χ3n) is 9.43. The average molecular weight is 587 g/mol. The van der Waals surface area contributed by atoms with Crippen LogP contribution in [-0.4, -0.2) is 67.7 Å². The summed E-state index contributed by atoms with van der Waals surface area (Å²) in [6.45, 7) is 12.0. The molecule has 0 bridgehead atoms. The number of aliphatic imine (C=N–C) groups is 1. The normalized spacial score (nSPS) is 23.5. The minimum atomic E-state index is -1.10. The second kappa shape index (κ2) is 10.1. The van der Waals surface area contributed by atoms with Crippen molar-refractivity contribution in [3.63, 3.8) is 0 Å². The Hall–Kier alpha value is -4.96. The highest BCUT2D eigenvalue weighted by Gasteiger charge is 2.62. The van der Waals surface area contributed by atoms with Gasteiger partial charge in [0.2, 0.25) is 11.6 Å². The number of rotatable bonds is 5. The number of aromatic nitrogens is 2. The van der Waals surface area contributed by atoms with Crippen LogP contribution in [0.15, 0.2) is 101 Å². The van der Waals surface area contributed by atoms with E-state index < -0.39 is 5.54 Å². The van der Waals surface area contributed by atoms with Gasteiger partial charge in [-0.3, -0.25) is 24.1 Å². The summed E-state index contributed by atoms with van der Waals surface area (Å²) in [5.41, 5.74) is 3.82. The summed E-state index contributed by atoms with van der Waals surface area (Å²) in [6, 6.07) is 16.3. The summed E-state index contributed by atoms with van der Waals surface area (Å²) >= 11 is 0. The van der Waals surface area contributed by atoms with Gasteiger partial charge in [0.05, 0.1) is 32.7 Å². The van der Waals surface area contributed by atoms with E-state index in [2.05, 4.69) is 58.5 Å². The standard InChI is InChI=1S/C34H34N8O2/c1-3-15-37-17-9-14-34(31(44)40-22-27-13-8-6-11-25(27)20-36-33(40)42(34)37)28-18-29-30(43)39-21-26-12-7-5-10-24(26)19-35-32(39)41(29)38(23-28)16-4-2/h3-14,18,28H,1-2,15-17,19-23H2/t28-,34+/m0/s1. The highest BCUT2D eigenvalue weighted by atomic mass is 16.2. The number of carbonyl (C=O) groups is 1. The second-order valence-corrected chi connectivity index (χ2v) is 11.9. The van der Waals surface area contributed by atoms with E-state index in [1.54, 1.807) is 4.57 Å². The molecule has 1 fully saturated rings. The molecular formula is C34H34N8O2. The number of amides is 1. The maximum atomic E-state index is 14.9. The zero-order chi connectivity index (χ0) is 30.0. The van der Waals surface area contributed by atoms with Gasteiger partial charge >= 0.3 is 0 Å². The summed E-state index contributed by atoms with van der Waals surface area (Å²) in [5.74, 6) is 0.231. The zero-order valence-corrected chi connectivity index (χ0v) is 24.5. The first-order valence-corrected chi connectivity index (χ1v) is 15.1. The van der Waals surface area contributed by atoms with Gasteiger partial charge in [-0.05, 0) is 34.4 Å². The number of hydrogen-bond acceptors (Lipinski definition) is 7. The van der Waals surface area contributed by atoms with Gasteiger partial charge in [0.15, 0.2) is 5.54 Å². The Bertz CT molecular complexity index is 1970. The molecule has 0 aliphatic carbocycles. The Morgan fingerprint density at radius 2 is 1.52 bits per heavy atom. The van der Waals surface area contributed by atoms with Crippen molar-refractivity contribution in [2.75, 3.05) is 31.2 Å². The molecule has 2 aromatic carbocycles. The van der Waals surface area contributed by atoms with Crippen LogP contribution >= 0.6 is 0 Å².